The van der Waals surface area contributed by atoms with Gasteiger partial charge >= 0.3 is 0 Å². The Hall–Kier alpha value is -0.620. The largest absolute Gasteiger partial charge is 0.329 e. The first-order valence-electron chi connectivity index (χ1n) is 6.87. The third-order valence-corrected chi connectivity index (χ3v) is 5.63. The van der Waals surface area contributed by atoms with Gasteiger partial charge < -0.3 is 5.73 Å². The Bertz CT molecular complexity index is 583. The monoisotopic (exact) mass is 316 g/mol. The van der Waals surface area contributed by atoms with E-state index in [-0.39, 0.29) is 21.9 Å². The van der Waals surface area contributed by atoms with E-state index in [1.165, 1.54) is 0 Å². The Morgan fingerprint density at radius 3 is 2.55 bits per heavy atom. The second-order valence-electron chi connectivity index (χ2n) is 5.65. The van der Waals surface area contributed by atoms with Crippen molar-refractivity contribution in [1.82, 2.24) is 4.72 Å². The molecule has 0 bridgehead atoms. The van der Waals surface area contributed by atoms with E-state index >= 15 is 0 Å². The van der Waals surface area contributed by atoms with Crippen LogP contribution in [-0.2, 0) is 10.0 Å². The zero-order valence-corrected chi connectivity index (χ0v) is 13.3. The summed E-state index contributed by atoms with van der Waals surface area (Å²) in [6, 6.07) is 4.95. The minimum Gasteiger partial charge on any atom is -0.329 e. The van der Waals surface area contributed by atoms with Crippen molar-refractivity contribution < 1.29 is 8.42 Å². The molecule has 2 rings (SSSR count). The third-order valence-electron chi connectivity index (χ3n) is 3.66. The molecular weight excluding hydrogens is 296 g/mol. The van der Waals surface area contributed by atoms with E-state index in [1.54, 1.807) is 12.1 Å². The van der Waals surface area contributed by atoms with Gasteiger partial charge in [-0.25, -0.2) is 13.1 Å². The van der Waals surface area contributed by atoms with Crippen LogP contribution < -0.4 is 10.5 Å². The molecular formula is C14H21ClN2O2S. The van der Waals surface area contributed by atoms with Gasteiger partial charge in [0, 0.05) is 12.6 Å². The topological polar surface area (TPSA) is 72.2 Å². The Morgan fingerprint density at radius 2 is 2.05 bits per heavy atom. The van der Waals surface area contributed by atoms with Gasteiger partial charge in [-0.15, -0.1) is 0 Å². The van der Waals surface area contributed by atoms with Crippen LogP contribution in [-0.4, -0.2) is 21.0 Å². The number of hydrogen-bond donors (Lipinski definition) is 2. The van der Waals surface area contributed by atoms with Crippen LogP contribution in [0.5, 0.6) is 0 Å². The summed E-state index contributed by atoms with van der Waals surface area (Å²) in [5.74, 6) is 0.608. The van der Waals surface area contributed by atoms with E-state index in [1.807, 2.05) is 19.9 Å². The summed E-state index contributed by atoms with van der Waals surface area (Å²) in [6.45, 7) is 4.34. The predicted octanol–water partition coefficient (Wildman–Crippen LogP) is 2.48. The fraction of sp³-hybridized carbons (Fsp3) is 0.571. The van der Waals surface area contributed by atoms with E-state index in [9.17, 15) is 8.42 Å². The maximum atomic E-state index is 12.5. The summed E-state index contributed by atoms with van der Waals surface area (Å²) in [5, 5.41) is 0.244. The first kappa shape index (κ1) is 15.8. The SMILES string of the molecule is CC(C)c1ccc(Cl)c(S(=O)(=O)NC(CN)C2CC2)c1. The Balaban J connectivity index is 2.30. The normalized spacial score (nSPS) is 17.4. The van der Waals surface area contributed by atoms with Gasteiger partial charge in [0.2, 0.25) is 10.0 Å². The highest BCUT2D eigenvalue weighted by atomic mass is 35.5. The Kier molecular flexibility index (Phi) is 4.74. The van der Waals surface area contributed by atoms with Crippen LogP contribution in [0.4, 0.5) is 0 Å². The smallest absolute Gasteiger partial charge is 0.242 e. The number of nitrogens with two attached hydrogens (primary N) is 1. The minimum absolute atomic E-state index is 0.143. The Morgan fingerprint density at radius 1 is 1.40 bits per heavy atom. The number of sulfonamides is 1. The molecule has 0 saturated heterocycles. The molecule has 1 aromatic carbocycles. The zero-order valence-electron chi connectivity index (χ0n) is 11.8. The number of halogens is 1. The van der Waals surface area contributed by atoms with Gasteiger partial charge in [-0.3, -0.25) is 0 Å². The molecule has 0 amide bonds. The van der Waals surface area contributed by atoms with Crippen LogP contribution in [0, 0.1) is 5.92 Å². The molecule has 112 valence electrons. The lowest BCUT2D eigenvalue weighted by molar-refractivity contribution is 0.519. The number of hydrogen-bond acceptors (Lipinski definition) is 3. The second kappa shape index (κ2) is 6.02. The summed E-state index contributed by atoms with van der Waals surface area (Å²) in [5.41, 5.74) is 6.60. The van der Waals surface area contributed by atoms with E-state index in [2.05, 4.69) is 4.72 Å². The van der Waals surface area contributed by atoms with E-state index < -0.39 is 10.0 Å². The zero-order chi connectivity index (χ0) is 14.9. The molecule has 1 unspecified atom stereocenters. The van der Waals surface area contributed by atoms with Crippen LogP contribution in [0.15, 0.2) is 23.1 Å². The molecule has 1 saturated carbocycles. The number of benzene rings is 1. The van der Waals surface area contributed by atoms with Crippen molar-refractivity contribution in [1.29, 1.82) is 0 Å². The highest BCUT2D eigenvalue weighted by Crippen LogP contribution is 2.33. The van der Waals surface area contributed by atoms with Crippen molar-refractivity contribution in [3.05, 3.63) is 28.8 Å². The molecule has 1 aliphatic carbocycles. The lowest BCUT2D eigenvalue weighted by Gasteiger charge is -2.17. The fourth-order valence-electron chi connectivity index (χ4n) is 2.18. The summed E-state index contributed by atoms with van der Waals surface area (Å²) in [4.78, 5) is 0.143. The van der Waals surface area contributed by atoms with E-state index in [0.29, 0.717) is 12.5 Å². The first-order valence-corrected chi connectivity index (χ1v) is 8.73. The van der Waals surface area contributed by atoms with Crippen molar-refractivity contribution in [2.45, 2.75) is 43.5 Å². The Labute approximate surface area is 125 Å². The molecule has 3 N–H and O–H groups in total. The molecule has 1 atom stereocenters. The molecule has 1 aromatic rings. The lowest BCUT2D eigenvalue weighted by Crippen LogP contribution is -2.41. The molecule has 20 heavy (non-hydrogen) atoms. The van der Waals surface area contributed by atoms with E-state index in [4.69, 9.17) is 17.3 Å². The fourth-order valence-corrected chi connectivity index (χ4v) is 4.04. The molecule has 0 aromatic heterocycles. The van der Waals surface area contributed by atoms with Crippen molar-refractivity contribution in [3.8, 4) is 0 Å². The van der Waals surface area contributed by atoms with Gasteiger partial charge in [-0.05, 0) is 42.4 Å². The quantitative estimate of drug-likeness (QED) is 0.847. The van der Waals surface area contributed by atoms with Crippen molar-refractivity contribution in [2.24, 2.45) is 11.7 Å². The van der Waals surface area contributed by atoms with Crippen molar-refractivity contribution >= 4 is 21.6 Å². The summed E-state index contributed by atoms with van der Waals surface area (Å²) < 4.78 is 27.6. The molecule has 6 heteroatoms. The molecule has 0 heterocycles. The molecule has 1 fully saturated rings. The second-order valence-corrected chi connectivity index (χ2v) is 7.74. The van der Waals surface area contributed by atoms with Gasteiger partial charge in [-0.1, -0.05) is 31.5 Å². The highest BCUT2D eigenvalue weighted by Gasteiger charge is 2.34. The summed E-state index contributed by atoms with van der Waals surface area (Å²) >= 11 is 6.06. The van der Waals surface area contributed by atoms with E-state index in [0.717, 1.165) is 18.4 Å². The van der Waals surface area contributed by atoms with Gasteiger partial charge in [0.15, 0.2) is 0 Å². The van der Waals surface area contributed by atoms with Gasteiger partial charge in [0.05, 0.1) is 5.02 Å². The molecule has 0 spiro atoms. The average Bonchev–Trinajstić information content (AvgIpc) is 3.20. The standard InChI is InChI=1S/C14H21ClN2O2S/c1-9(2)11-5-6-12(15)14(7-11)20(18,19)17-13(8-16)10-3-4-10/h5-7,9-10,13,17H,3-4,8,16H2,1-2H3. The average molecular weight is 317 g/mol. The molecule has 0 aliphatic heterocycles. The summed E-state index contributed by atoms with van der Waals surface area (Å²) in [7, 11) is -3.63. The van der Waals surface area contributed by atoms with Gasteiger partial charge in [0.1, 0.15) is 4.90 Å². The molecule has 0 radical (unpaired) electrons. The first-order chi connectivity index (χ1) is 9.35. The van der Waals surface area contributed by atoms with Crippen LogP contribution in [0.3, 0.4) is 0 Å². The van der Waals surface area contributed by atoms with Crippen molar-refractivity contribution in [2.75, 3.05) is 6.54 Å². The number of nitrogens with one attached hydrogen (secondary N) is 1. The third kappa shape index (κ3) is 3.52. The van der Waals surface area contributed by atoms with Gasteiger partial charge in [0.25, 0.3) is 0 Å². The maximum absolute atomic E-state index is 12.5. The van der Waals surface area contributed by atoms with Gasteiger partial charge in [-0.2, -0.15) is 0 Å². The summed E-state index contributed by atoms with van der Waals surface area (Å²) in [6.07, 6.45) is 2.06. The number of rotatable bonds is 6. The van der Waals surface area contributed by atoms with Crippen LogP contribution in [0.25, 0.3) is 0 Å². The maximum Gasteiger partial charge on any atom is 0.242 e. The van der Waals surface area contributed by atoms with Crippen LogP contribution in [0.2, 0.25) is 5.02 Å². The predicted molar refractivity (Wildman–Crippen MR) is 81.4 cm³/mol. The van der Waals surface area contributed by atoms with Crippen molar-refractivity contribution in [3.63, 3.8) is 0 Å². The minimum atomic E-state index is -3.63. The van der Waals surface area contributed by atoms with Crippen LogP contribution in [0.1, 0.15) is 38.2 Å². The highest BCUT2D eigenvalue weighted by molar-refractivity contribution is 7.89. The van der Waals surface area contributed by atoms with Crippen LogP contribution >= 0.6 is 11.6 Å². The molecule has 1 aliphatic rings. The lowest BCUT2D eigenvalue weighted by atomic mass is 10.0. The molecule has 4 nitrogen and oxygen atoms in total.